The van der Waals surface area contributed by atoms with E-state index in [0.29, 0.717) is 5.69 Å². The van der Waals surface area contributed by atoms with E-state index in [2.05, 4.69) is 20.9 Å². The number of aryl methyl sites for hydroxylation is 2. The van der Waals surface area contributed by atoms with E-state index in [9.17, 15) is 4.79 Å². The summed E-state index contributed by atoms with van der Waals surface area (Å²) >= 11 is 3.49. The topological polar surface area (TPSA) is 37.6 Å². The number of imidazole rings is 1. The monoisotopic (exact) mass is 321 g/mol. The van der Waals surface area contributed by atoms with Gasteiger partial charge in [-0.2, -0.15) is 0 Å². The van der Waals surface area contributed by atoms with Crippen LogP contribution in [-0.2, 0) is 0 Å². The van der Waals surface area contributed by atoms with Crippen LogP contribution in [-0.4, -0.2) is 34.2 Å². The van der Waals surface area contributed by atoms with Crippen molar-refractivity contribution < 1.29 is 4.79 Å². The normalized spacial score (nSPS) is 11.4. The van der Waals surface area contributed by atoms with Crippen LogP contribution < -0.4 is 0 Å². The predicted molar refractivity (Wildman–Crippen MR) is 79.5 cm³/mol. The van der Waals surface area contributed by atoms with Gasteiger partial charge in [0.15, 0.2) is 5.65 Å². The van der Waals surface area contributed by atoms with Crippen LogP contribution in [0.15, 0.2) is 29.0 Å². The van der Waals surface area contributed by atoms with E-state index in [1.165, 1.54) is 0 Å². The summed E-state index contributed by atoms with van der Waals surface area (Å²) < 4.78 is 2.79. The Balaban J connectivity index is 2.60. The minimum atomic E-state index is -0.0539. The SMILES string of the molecule is Cc1cc(Br)c2ncc(C(=O)/C=C/N(C)C)n2c1C. The van der Waals surface area contributed by atoms with E-state index in [4.69, 9.17) is 0 Å². The average Bonchev–Trinajstić information content (AvgIpc) is 2.78. The molecular formula is C14H16BrN3O. The summed E-state index contributed by atoms with van der Waals surface area (Å²) in [5, 5.41) is 0. The summed E-state index contributed by atoms with van der Waals surface area (Å²) in [4.78, 5) is 18.4. The number of carbonyl (C=O) groups excluding carboxylic acids is 1. The van der Waals surface area contributed by atoms with Crippen molar-refractivity contribution >= 4 is 27.4 Å². The van der Waals surface area contributed by atoms with Crippen molar-refractivity contribution in [3.8, 4) is 0 Å². The third-order valence-corrected chi connectivity index (χ3v) is 3.58. The largest absolute Gasteiger partial charge is 0.383 e. The number of fused-ring (bicyclic) bond motifs is 1. The maximum atomic E-state index is 12.2. The molecular weight excluding hydrogens is 306 g/mol. The van der Waals surface area contributed by atoms with E-state index in [1.54, 1.807) is 18.5 Å². The number of nitrogens with zero attached hydrogens (tertiary/aromatic N) is 3. The molecule has 100 valence electrons. The molecule has 0 N–H and O–H groups in total. The van der Waals surface area contributed by atoms with Gasteiger partial charge in [-0.05, 0) is 41.4 Å². The molecule has 0 fully saturated rings. The fraction of sp³-hybridized carbons (Fsp3) is 0.286. The number of hydrogen-bond acceptors (Lipinski definition) is 3. The third-order valence-electron chi connectivity index (χ3n) is 3.00. The van der Waals surface area contributed by atoms with Crippen LogP contribution in [0.25, 0.3) is 5.65 Å². The molecule has 0 bridgehead atoms. The molecule has 2 heterocycles. The van der Waals surface area contributed by atoms with Gasteiger partial charge in [-0.25, -0.2) is 4.98 Å². The van der Waals surface area contributed by atoms with Crippen molar-refractivity contribution in [2.75, 3.05) is 14.1 Å². The second-order valence-corrected chi connectivity index (χ2v) is 5.56. The Hall–Kier alpha value is -1.62. The van der Waals surface area contributed by atoms with E-state index in [-0.39, 0.29) is 5.78 Å². The maximum Gasteiger partial charge on any atom is 0.205 e. The number of rotatable bonds is 3. The van der Waals surface area contributed by atoms with Gasteiger partial charge in [0, 0.05) is 32.1 Å². The zero-order valence-electron chi connectivity index (χ0n) is 11.4. The fourth-order valence-electron chi connectivity index (χ4n) is 1.87. The second kappa shape index (κ2) is 5.17. The highest BCUT2D eigenvalue weighted by Crippen LogP contribution is 2.23. The Bertz CT molecular complexity index is 671. The molecule has 0 aliphatic heterocycles. The molecule has 0 saturated heterocycles. The van der Waals surface area contributed by atoms with Crippen molar-refractivity contribution in [3.05, 3.63) is 46.0 Å². The van der Waals surface area contributed by atoms with E-state index >= 15 is 0 Å². The minimum absolute atomic E-state index is 0.0539. The zero-order chi connectivity index (χ0) is 14.2. The molecule has 5 heteroatoms. The van der Waals surface area contributed by atoms with Crippen LogP contribution in [0.4, 0.5) is 0 Å². The number of pyridine rings is 1. The van der Waals surface area contributed by atoms with E-state index < -0.39 is 0 Å². The first kappa shape index (κ1) is 13.8. The van der Waals surface area contributed by atoms with E-state index in [0.717, 1.165) is 21.4 Å². The Morgan fingerprint density at radius 2 is 2.11 bits per heavy atom. The van der Waals surface area contributed by atoms with Crippen LogP contribution in [0.1, 0.15) is 21.7 Å². The van der Waals surface area contributed by atoms with Gasteiger partial charge in [0.05, 0.1) is 10.7 Å². The fourth-order valence-corrected chi connectivity index (χ4v) is 2.49. The van der Waals surface area contributed by atoms with Crippen molar-refractivity contribution in [2.24, 2.45) is 0 Å². The number of hydrogen-bond donors (Lipinski definition) is 0. The molecule has 0 atom stereocenters. The Morgan fingerprint density at radius 1 is 1.42 bits per heavy atom. The average molecular weight is 322 g/mol. The van der Waals surface area contributed by atoms with Gasteiger partial charge in [-0.1, -0.05) is 0 Å². The Morgan fingerprint density at radius 3 is 2.74 bits per heavy atom. The highest BCUT2D eigenvalue weighted by atomic mass is 79.9. The standard InChI is InChI=1S/C14H16BrN3O/c1-9-7-11(15)14-16-8-12(18(14)10(9)2)13(19)5-6-17(3)4/h5-8H,1-4H3/b6-5+. The molecule has 0 aromatic carbocycles. The molecule has 4 nitrogen and oxygen atoms in total. The first-order chi connectivity index (χ1) is 8.91. The number of ketones is 1. The molecule has 0 amide bonds. The van der Waals surface area contributed by atoms with Crippen molar-refractivity contribution in [1.29, 1.82) is 0 Å². The molecule has 2 aromatic heterocycles. The summed E-state index contributed by atoms with van der Waals surface area (Å²) in [6.45, 7) is 4.01. The molecule has 0 spiro atoms. The number of halogens is 1. The molecule has 2 aromatic rings. The number of carbonyl (C=O) groups is 1. The summed E-state index contributed by atoms with van der Waals surface area (Å²) in [5.74, 6) is -0.0539. The lowest BCUT2D eigenvalue weighted by atomic mass is 10.2. The van der Waals surface area contributed by atoms with Crippen LogP contribution in [0.5, 0.6) is 0 Å². The van der Waals surface area contributed by atoms with E-state index in [1.807, 2.05) is 43.3 Å². The number of aromatic nitrogens is 2. The molecule has 19 heavy (non-hydrogen) atoms. The van der Waals surface area contributed by atoms with Gasteiger partial charge in [0.2, 0.25) is 5.78 Å². The lowest BCUT2D eigenvalue weighted by Crippen LogP contribution is -2.07. The van der Waals surface area contributed by atoms with Crippen LogP contribution >= 0.6 is 15.9 Å². The van der Waals surface area contributed by atoms with Gasteiger partial charge < -0.3 is 4.90 Å². The van der Waals surface area contributed by atoms with Crippen LogP contribution in [0.3, 0.4) is 0 Å². The highest BCUT2D eigenvalue weighted by Gasteiger charge is 2.14. The van der Waals surface area contributed by atoms with Gasteiger partial charge in [-0.15, -0.1) is 0 Å². The molecule has 0 aliphatic carbocycles. The first-order valence-corrected chi connectivity index (χ1v) is 6.73. The van der Waals surface area contributed by atoms with Crippen molar-refractivity contribution in [2.45, 2.75) is 13.8 Å². The third kappa shape index (κ3) is 2.56. The van der Waals surface area contributed by atoms with Crippen molar-refractivity contribution in [3.63, 3.8) is 0 Å². The van der Waals surface area contributed by atoms with Gasteiger partial charge >= 0.3 is 0 Å². The number of allylic oxidation sites excluding steroid dienone is 1. The Labute approximate surface area is 120 Å². The van der Waals surface area contributed by atoms with Gasteiger partial charge in [0.25, 0.3) is 0 Å². The second-order valence-electron chi connectivity index (χ2n) is 4.71. The summed E-state index contributed by atoms with van der Waals surface area (Å²) in [6, 6.07) is 2.02. The van der Waals surface area contributed by atoms with Gasteiger partial charge in [0.1, 0.15) is 5.69 Å². The highest BCUT2D eigenvalue weighted by molar-refractivity contribution is 9.10. The van der Waals surface area contributed by atoms with Crippen LogP contribution in [0.2, 0.25) is 0 Å². The summed E-state index contributed by atoms with van der Waals surface area (Å²) in [6.07, 6.45) is 4.91. The molecule has 0 aliphatic rings. The smallest absolute Gasteiger partial charge is 0.205 e. The van der Waals surface area contributed by atoms with Crippen LogP contribution in [0, 0.1) is 13.8 Å². The maximum absolute atomic E-state index is 12.2. The lowest BCUT2D eigenvalue weighted by Gasteiger charge is -2.08. The minimum Gasteiger partial charge on any atom is -0.383 e. The first-order valence-electron chi connectivity index (χ1n) is 5.94. The molecule has 0 saturated carbocycles. The molecule has 0 unspecified atom stereocenters. The molecule has 2 rings (SSSR count). The van der Waals surface area contributed by atoms with Gasteiger partial charge in [-0.3, -0.25) is 9.20 Å². The predicted octanol–water partition coefficient (Wildman–Crippen LogP) is 2.97. The summed E-state index contributed by atoms with van der Waals surface area (Å²) in [7, 11) is 3.76. The van der Waals surface area contributed by atoms with Crippen molar-refractivity contribution in [1.82, 2.24) is 14.3 Å². The molecule has 0 radical (unpaired) electrons. The lowest BCUT2D eigenvalue weighted by molar-refractivity contribution is 0.104. The zero-order valence-corrected chi connectivity index (χ0v) is 13.0. The Kier molecular flexibility index (Phi) is 3.75. The summed E-state index contributed by atoms with van der Waals surface area (Å²) in [5.41, 5.74) is 3.49. The quantitative estimate of drug-likeness (QED) is 0.644.